The summed E-state index contributed by atoms with van der Waals surface area (Å²) in [5.74, 6) is 0.538. The smallest absolute Gasteiger partial charge is 0.343 e. The van der Waals surface area contributed by atoms with E-state index in [4.69, 9.17) is 111 Å². The van der Waals surface area contributed by atoms with E-state index in [1.54, 1.807) is 24.3 Å². The molecule has 16 heteroatoms. The topological polar surface area (TPSA) is 36.9 Å². The monoisotopic (exact) mass is 1270 g/mol. The van der Waals surface area contributed by atoms with E-state index in [9.17, 15) is 0 Å². The molecule has 0 N–H and O–H groups in total. The molecule has 8 radical (unpaired) electrons. The summed E-state index contributed by atoms with van der Waals surface area (Å²) < 4.78 is 26.8. The molecule has 0 saturated carbocycles. The van der Waals surface area contributed by atoms with E-state index >= 15 is 0 Å². The van der Waals surface area contributed by atoms with Crippen LogP contribution in [0.15, 0.2) is 168 Å². The van der Waals surface area contributed by atoms with Crippen molar-refractivity contribution in [3.05, 3.63) is 275 Å². The first-order valence-electron chi connectivity index (χ1n) is 25.2. The molecule has 8 aromatic carbocycles. The number of hydrogen-bond donors (Lipinski definition) is 0. The van der Waals surface area contributed by atoms with Crippen LogP contribution in [0.25, 0.3) is 24.3 Å². The Hall–Kier alpha value is -4.89. The lowest BCUT2D eigenvalue weighted by molar-refractivity contribution is 0.526. The van der Waals surface area contributed by atoms with Gasteiger partial charge in [-0.05, 0) is 111 Å². The summed E-state index contributed by atoms with van der Waals surface area (Å²) >= 11 is 56.9. The maximum Gasteiger partial charge on any atom is 0.343 e. The van der Waals surface area contributed by atoms with Gasteiger partial charge in [0.05, 0.1) is 20.1 Å². The van der Waals surface area contributed by atoms with Crippen LogP contribution >= 0.6 is 92.8 Å². The van der Waals surface area contributed by atoms with Gasteiger partial charge >= 0.3 is 39.1 Å². The van der Waals surface area contributed by atoms with Crippen LogP contribution in [0.3, 0.4) is 0 Å². The van der Waals surface area contributed by atoms with Crippen molar-refractivity contribution in [3.63, 3.8) is 0 Å². The minimum Gasteiger partial charge on any atom is -0.535 e. The molecule has 4 nitrogen and oxygen atoms in total. The SMILES string of the molecule is Cc1ccc(C=C[Si]Oc2c(Cl)cc(Cl)cc2C(CCC(c2cc(Cl)cc(Cl)c2O[Si]C=Cc2ccc(C)cc2)c2cc(Cl)cc(Cl)c2O[Si]C=Cc2ccc(C)cc2)c2cc(Cl)cc(Cl)c2O[Si]C=Cc2ccc(C)cc2)cc1. The molecule has 0 amide bonds. The van der Waals surface area contributed by atoms with Crippen LogP contribution in [-0.2, 0) is 0 Å². The van der Waals surface area contributed by atoms with Gasteiger partial charge in [0, 0.05) is 54.2 Å². The van der Waals surface area contributed by atoms with Crippen molar-refractivity contribution in [2.45, 2.75) is 52.4 Å². The minimum atomic E-state index is -0.594. The highest BCUT2D eigenvalue weighted by molar-refractivity contribution is 6.42. The molecule has 0 atom stereocenters. The van der Waals surface area contributed by atoms with Gasteiger partial charge in [-0.2, -0.15) is 0 Å². The Morgan fingerprint density at radius 2 is 0.512 bits per heavy atom. The molecule has 402 valence electrons. The zero-order valence-electron chi connectivity index (χ0n) is 43.7. The van der Waals surface area contributed by atoms with Crippen LogP contribution in [0, 0.1) is 27.7 Å². The van der Waals surface area contributed by atoms with Crippen molar-refractivity contribution in [2.75, 3.05) is 0 Å². The molecule has 0 fully saturated rings. The van der Waals surface area contributed by atoms with Gasteiger partial charge in [0.1, 0.15) is 23.0 Å². The minimum absolute atomic E-state index is 0.128. The second-order valence-electron chi connectivity index (χ2n) is 18.8. The zero-order valence-corrected chi connectivity index (χ0v) is 53.7. The summed E-state index contributed by atoms with van der Waals surface area (Å²) in [4.78, 5) is 0. The van der Waals surface area contributed by atoms with E-state index in [0.717, 1.165) is 22.3 Å². The highest BCUT2D eigenvalue weighted by Gasteiger charge is 2.32. The fourth-order valence-corrected chi connectivity index (χ4v) is 13.8. The molecule has 0 aliphatic carbocycles. The number of rotatable bonds is 23. The lowest BCUT2D eigenvalue weighted by Gasteiger charge is -2.29. The van der Waals surface area contributed by atoms with Crippen LogP contribution in [0.2, 0.25) is 40.2 Å². The Labute approximate surface area is 520 Å². The molecule has 0 spiro atoms. The summed E-state index contributed by atoms with van der Waals surface area (Å²) in [5, 5.41) is 2.84. The maximum absolute atomic E-state index is 7.21. The van der Waals surface area contributed by atoms with Crippen LogP contribution < -0.4 is 17.7 Å². The molecule has 0 aliphatic rings. The number of halogens is 8. The van der Waals surface area contributed by atoms with Crippen LogP contribution in [0.1, 0.15) is 91.4 Å². The van der Waals surface area contributed by atoms with E-state index in [1.807, 2.05) is 71.4 Å². The fraction of sp³-hybridized carbons (Fsp3) is 0.125. The Morgan fingerprint density at radius 1 is 0.312 bits per heavy atom. The summed E-state index contributed by atoms with van der Waals surface area (Å²) in [5.41, 5.74) is 19.4. The molecule has 0 heterocycles. The van der Waals surface area contributed by atoms with E-state index in [-0.39, 0.29) is 39.1 Å². The molecule has 0 aliphatic heterocycles. The average Bonchev–Trinajstić information content (AvgIpc) is 3.44. The third-order valence-electron chi connectivity index (χ3n) is 12.7. The molecule has 0 unspecified atom stereocenters. The maximum atomic E-state index is 7.21. The molecule has 0 aromatic heterocycles. The van der Waals surface area contributed by atoms with Crippen LogP contribution in [0.4, 0.5) is 0 Å². The van der Waals surface area contributed by atoms with Gasteiger partial charge in [-0.25, -0.2) is 0 Å². The van der Waals surface area contributed by atoms with Crippen molar-refractivity contribution in [1.29, 1.82) is 0 Å². The summed E-state index contributed by atoms with van der Waals surface area (Å²) in [6, 6.07) is 47.2. The Morgan fingerprint density at radius 3 is 0.713 bits per heavy atom. The predicted molar refractivity (Wildman–Crippen MR) is 345 cm³/mol. The van der Waals surface area contributed by atoms with E-state index in [0.29, 0.717) is 98.3 Å². The number of hydrogen-bond acceptors (Lipinski definition) is 4. The molecule has 8 rings (SSSR count). The number of benzene rings is 8. The van der Waals surface area contributed by atoms with Crippen molar-refractivity contribution in [3.8, 4) is 23.0 Å². The Balaban J connectivity index is 1.25. The summed E-state index contributed by atoms with van der Waals surface area (Å²) in [6.45, 7) is 8.22. The van der Waals surface area contributed by atoms with E-state index < -0.39 is 11.8 Å². The standard InChI is InChI=1S/C64H50Cl8O4Si4/c1-39-5-13-43(14-6-39)23-27-77-73-61-53(31-47(65)35-57(61)69)51(54-32-48(66)36-58(70)62(54)74-78-28-24-44-15-7-40(2)8-16-44)21-22-52(55-33-49(67)37-59(71)63(55)75-79-29-25-45-17-9-41(3)10-18-45)56-34-50(68)38-60(72)64(56)76-80-30-26-46-19-11-42(4)12-20-46/h5-20,23-38,51-52H,21-22H2,1-4H3. The Kier molecular flexibility index (Phi) is 22.9. The van der Waals surface area contributed by atoms with E-state index in [1.165, 1.54) is 22.3 Å². The molecular formula is C64H50Cl8O4Si4. The van der Waals surface area contributed by atoms with E-state index in [2.05, 4.69) is 125 Å². The van der Waals surface area contributed by atoms with Crippen molar-refractivity contribution < 1.29 is 17.7 Å². The van der Waals surface area contributed by atoms with Crippen molar-refractivity contribution in [2.24, 2.45) is 0 Å². The second-order valence-corrected chi connectivity index (χ2v) is 25.2. The number of aryl methyl sites for hydroxylation is 4. The Bertz CT molecular complexity index is 3070. The lowest BCUT2D eigenvalue weighted by Crippen LogP contribution is -2.14. The fourth-order valence-electron chi connectivity index (χ4n) is 8.68. The van der Waals surface area contributed by atoms with Crippen molar-refractivity contribution >= 4 is 156 Å². The second kappa shape index (κ2) is 29.9. The predicted octanol–water partition coefficient (Wildman–Crippen LogP) is 20.6. The highest BCUT2D eigenvalue weighted by atomic mass is 35.5. The van der Waals surface area contributed by atoms with Gasteiger partial charge in [-0.3, -0.25) is 0 Å². The van der Waals surface area contributed by atoms with Gasteiger partial charge in [0.15, 0.2) is 0 Å². The first-order valence-corrected chi connectivity index (χ1v) is 32.1. The normalized spacial score (nSPS) is 12.5. The van der Waals surface area contributed by atoms with Gasteiger partial charge in [0.25, 0.3) is 0 Å². The third-order valence-corrected chi connectivity index (χ3v) is 17.2. The first kappa shape index (κ1) is 61.2. The zero-order chi connectivity index (χ0) is 56.7. The molecule has 8 aromatic rings. The van der Waals surface area contributed by atoms with Gasteiger partial charge < -0.3 is 17.7 Å². The van der Waals surface area contributed by atoms with Crippen molar-refractivity contribution in [1.82, 2.24) is 0 Å². The molecule has 0 saturated heterocycles. The van der Waals surface area contributed by atoms with Gasteiger partial charge in [-0.15, -0.1) is 0 Å². The third kappa shape index (κ3) is 17.3. The van der Waals surface area contributed by atoms with Gasteiger partial charge in [-0.1, -0.05) is 259 Å². The van der Waals surface area contributed by atoms with Crippen LogP contribution in [-0.4, -0.2) is 39.1 Å². The quantitative estimate of drug-likeness (QED) is 0.0598. The molecular weight excluding hydrogens is 1230 g/mol. The lowest BCUT2D eigenvalue weighted by atomic mass is 9.80. The average molecular weight is 1280 g/mol. The molecule has 0 bridgehead atoms. The van der Waals surface area contributed by atoms with Gasteiger partial charge in [0.2, 0.25) is 0 Å². The van der Waals surface area contributed by atoms with Crippen LogP contribution in [0.5, 0.6) is 23.0 Å². The largest absolute Gasteiger partial charge is 0.535 e. The molecule has 80 heavy (non-hydrogen) atoms. The first-order chi connectivity index (χ1) is 38.6. The highest BCUT2D eigenvalue weighted by Crippen LogP contribution is 2.51. The summed E-state index contributed by atoms with van der Waals surface area (Å²) in [7, 11) is -0.513. The summed E-state index contributed by atoms with van der Waals surface area (Å²) in [6.07, 6.45) is 8.77.